The Morgan fingerprint density at radius 3 is 1.90 bits per heavy atom. The lowest BCUT2D eigenvalue weighted by Gasteiger charge is -2.26. The lowest BCUT2D eigenvalue weighted by molar-refractivity contribution is -0.134. The fourth-order valence-corrected chi connectivity index (χ4v) is 5.54. The van der Waals surface area contributed by atoms with Crippen LogP contribution >= 0.6 is 11.8 Å². The molecule has 0 bridgehead atoms. The highest BCUT2D eigenvalue weighted by Crippen LogP contribution is 2.15. The van der Waals surface area contributed by atoms with Crippen molar-refractivity contribution in [2.45, 2.75) is 78.6 Å². The summed E-state index contributed by atoms with van der Waals surface area (Å²) in [5.41, 5.74) is 0.607. The molecule has 15 heteroatoms. The van der Waals surface area contributed by atoms with Crippen LogP contribution in [0.25, 0.3) is 0 Å². The Kier molecular flexibility index (Phi) is 15.0. The minimum Gasteiger partial charge on any atom is -0.508 e. The van der Waals surface area contributed by atoms with E-state index in [9.17, 15) is 37.5 Å². The second-order valence-electron chi connectivity index (χ2n) is 10.7. The zero-order valence-corrected chi connectivity index (χ0v) is 26.3. The molecule has 0 unspecified atom stereocenters. The SMILES string of the molecule is CC(=O)N[C@H](C(=O)N[C@@H](Cc1ccc(O)cc1)C(=O)N[C@@H](C)C(=O)N[C@@H](CC(C)C)C(=O)SCCS(=O)(=O)O)C(C)C. The summed E-state index contributed by atoms with van der Waals surface area (Å²) in [5, 5.41) is 19.5. The van der Waals surface area contributed by atoms with Crippen molar-refractivity contribution < 1.29 is 42.0 Å². The summed E-state index contributed by atoms with van der Waals surface area (Å²) in [4.78, 5) is 63.7. The lowest BCUT2D eigenvalue weighted by atomic mass is 10.0. The van der Waals surface area contributed by atoms with Gasteiger partial charge in [0.15, 0.2) is 0 Å². The van der Waals surface area contributed by atoms with Crippen molar-refractivity contribution >= 4 is 50.6 Å². The average Bonchev–Trinajstić information content (AvgIpc) is 2.86. The maximum atomic E-state index is 13.3. The summed E-state index contributed by atoms with van der Waals surface area (Å²) in [5.74, 6) is -3.48. The molecule has 1 aromatic rings. The van der Waals surface area contributed by atoms with E-state index < -0.39 is 68.8 Å². The van der Waals surface area contributed by atoms with Crippen LogP contribution in [0.1, 0.15) is 53.5 Å². The highest BCUT2D eigenvalue weighted by molar-refractivity contribution is 8.14. The van der Waals surface area contributed by atoms with E-state index in [0.717, 1.165) is 0 Å². The van der Waals surface area contributed by atoms with Crippen LogP contribution in [0, 0.1) is 11.8 Å². The van der Waals surface area contributed by atoms with Crippen molar-refractivity contribution in [2.24, 2.45) is 11.8 Å². The molecular formula is C27H42N4O9S2. The Morgan fingerprint density at radius 1 is 0.833 bits per heavy atom. The molecule has 0 aliphatic rings. The number of phenolic OH excluding ortho intramolecular Hbond substituents is 1. The topological polar surface area (TPSA) is 208 Å². The molecular weight excluding hydrogens is 588 g/mol. The number of thioether (sulfide) groups is 1. The third-order valence-corrected chi connectivity index (χ3v) is 7.92. The average molecular weight is 631 g/mol. The highest BCUT2D eigenvalue weighted by atomic mass is 32.2. The van der Waals surface area contributed by atoms with Crippen molar-refractivity contribution in [1.29, 1.82) is 0 Å². The largest absolute Gasteiger partial charge is 0.508 e. The number of hydrogen-bond acceptors (Lipinski definition) is 9. The van der Waals surface area contributed by atoms with Crippen LogP contribution in [0.3, 0.4) is 0 Å². The molecule has 0 radical (unpaired) electrons. The van der Waals surface area contributed by atoms with Gasteiger partial charge in [0.2, 0.25) is 28.7 Å². The molecule has 236 valence electrons. The van der Waals surface area contributed by atoms with E-state index in [2.05, 4.69) is 21.3 Å². The predicted octanol–water partition coefficient (Wildman–Crippen LogP) is 0.763. The van der Waals surface area contributed by atoms with Gasteiger partial charge in [0.1, 0.15) is 23.9 Å². The van der Waals surface area contributed by atoms with Crippen LogP contribution in [0.4, 0.5) is 0 Å². The first kappa shape index (κ1) is 36.9. The summed E-state index contributed by atoms with van der Waals surface area (Å²) in [6.45, 7) is 9.82. The first-order chi connectivity index (χ1) is 19.4. The zero-order chi connectivity index (χ0) is 32.2. The normalized spacial score (nSPS) is 14.4. The Bertz CT molecular complexity index is 1200. The number of amides is 4. The summed E-state index contributed by atoms with van der Waals surface area (Å²) < 4.78 is 30.8. The van der Waals surface area contributed by atoms with Crippen LogP contribution < -0.4 is 21.3 Å². The molecule has 0 aromatic heterocycles. The Balaban J connectivity index is 3.05. The van der Waals surface area contributed by atoms with E-state index >= 15 is 0 Å². The minimum atomic E-state index is -4.25. The number of hydrogen-bond donors (Lipinski definition) is 6. The van der Waals surface area contributed by atoms with Gasteiger partial charge < -0.3 is 26.4 Å². The number of aromatic hydroxyl groups is 1. The van der Waals surface area contributed by atoms with Gasteiger partial charge in [-0.05, 0) is 42.9 Å². The molecule has 0 saturated carbocycles. The molecule has 4 amide bonds. The van der Waals surface area contributed by atoms with Gasteiger partial charge in [-0.15, -0.1) is 0 Å². The maximum absolute atomic E-state index is 13.3. The van der Waals surface area contributed by atoms with Crippen molar-refractivity contribution in [1.82, 2.24) is 21.3 Å². The van der Waals surface area contributed by atoms with E-state index in [0.29, 0.717) is 17.3 Å². The van der Waals surface area contributed by atoms with E-state index in [-0.39, 0.29) is 36.2 Å². The van der Waals surface area contributed by atoms with Gasteiger partial charge in [0.25, 0.3) is 10.1 Å². The van der Waals surface area contributed by atoms with Gasteiger partial charge in [0, 0.05) is 19.1 Å². The van der Waals surface area contributed by atoms with E-state index in [1.165, 1.54) is 26.0 Å². The fraction of sp³-hybridized carbons (Fsp3) is 0.593. The Hall–Kier alpha value is -3.17. The molecule has 0 aliphatic carbocycles. The van der Waals surface area contributed by atoms with Crippen molar-refractivity contribution in [3.63, 3.8) is 0 Å². The van der Waals surface area contributed by atoms with E-state index in [1.807, 2.05) is 13.8 Å². The summed E-state index contributed by atoms with van der Waals surface area (Å²) in [6, 6.07) is 1.84. The van der Waals surface area contributed by atoms with Gasteiger partial charge in [-0.3, -0.25) is 28.5 Å². The molecule has 0 spiro atoms. The quantitative estimate of drug-likeness (QED) is 0.141. The number of phenols is 1. The maximum Gasteiger partial charge on any atom is 0.265 e. The summed E-state index contributed by atoms with van der Waals surface area (Å²) >= 11 is 0.669. The van der Waals surface area contributed by atoms with Crippen molar-refractivity contribution in [2.75, 3.05) is 11.5 Å². The van der Waals surface area contributed by atoms with Gasteiger partial charge in [-0.25, -0.2) is 0 Å². The number of rotatable bonds is 16. The summed E-state index contributed by atoms with van der Waals surface area (Å²) in [7, 11) is -4.25. The number of carbonyl (C=O) groups excluding carboxylic acids is 5. The second kappa shape index (κ2) is 17.1. The van der Waals surface area contributed by atoms with Gasteiger partial charge >= 0.3 is 0 Å². The smallest absolute Gasteiger partial charge is 0.265 e. The lowest BCUT2D eigenvalue weighted by Crippen LogP contribution is -2.58. The van der Waals surface area contributed by atoms with Crippen LogP contribution in [0.2, 0.25) is 0 Å². The molecule has 0 saturated heterocycles. The highest BCUT2D eigenvalue weighted by Gasteiger charge is 2.31. The van der Waals surface area contributed by atoms with Gasteiger partial charge in [0.05, 0.1) is 11.8 Å². The van der Waals surface area contributed by atoms with Gasteiger partial charge in [-0.1, -0.05) is 51.6 Å². The van der Waals surface area contributed by atoms with E-state index in [1.54, 1.807) is 26.0 Å². The molecule has 42 heavy (non-hydrogen) atoms. The van der Waals surface area contributed by atoms with Crippen molar-refractivity contribution in [3.8, 4) is 5.75 Å². The number of benzene rings is 1. The van der Waals surface area contributed by atoms with Crippen LogP contribution in [-0.2, 0) is 40.5 Å². The first-order valence-electron chi connectivity index (χ1n) is 13.5. The predicted molar refractivity (Wildman–Crippen MR) is 159 cm³/mol. The van der Waals surface area contributed by atoms with Crippen LogP contribution in [0.15, 0.2) is 24.3 Å². The fourth-order valence-electron chi connectivity index (χ4n) is 3.80. The van der Waals surface area contributed by atoms with Gasteiger partial charge in [-0.2, -0.15) is 8.42 Å². The first-order valence-corrected chi connectivity index (χ1v) is 16.1. The monoisotopic (exact) mass is 630 g/mol. The Morgan fingerprint density at radius 2 is 1.40 bits per heavy atom. The third kappa shape index (κ3) is 14.1. The van der Waals surface area contributed by atoms with Crippen molar-refractivity contribution in [3.05, 3.63) is 29.8 Å². The molecule has 6 N–H and O–H groups in total. The molecule has 0 fully saturated rings. The molecule has 1 aromatic carbocycles. The third-order valence-electron chi connectivity index (χ3n) is 5.96. The Labute approximate surface area is 251 Å². The van der Waals surface area contributed by atoms with Crippen LogP contribution in [-0.4, -0.2) is 82.5 Å². The number of nitrogens with one attached hydrogen (secondary N) is 4. The standard InChI is InChI=1S/C27H42N4O9S2/c1-15(2)13-22(27(37)41-11-12-42(38,39)40)31-24(34)17(5)28-25(35)21(14-19-7-9-20(33)10-8-19)30-26(36)23(16(3)4)29-18(6)32/h7-10,15-17,21-23,33H,11-14H2,1-6H3,(H,28,35)(H,29,32)(H,30,36)(H,31,34)(H,38,39,40)/t17-,21-,22-,23-/m0/s1. The number of carbonyl (C=O) groups is 5. The second-order valence-corrected chi connectivity index (χ2v) is 13.4. The molecule has 4 atom stereocenters. The molecule has 13 nitrogen and oxygen atoms in total. The van der Waals surface area contributed by atoms with E-state index in [4.69, 9.17) is 4.55 Å². The molecule has 1 rings (SSSR count). The summed E-state index contributed by atoms with van der Waals surface area (Å²) in [6.07, 6.45) is 0.263. The molecule has 0 aliphatic heterocycles. The van der Waals surface area contributed by atoms with Crippen LogP contribution in [0.5, 0.6) is 5.75 Å². The minimum absolute atomic E-state index is 0.00580. The molecule has 0 heterocycles. The zero-order valence-electron chi connectivity index (χ0n) is 24.7.